The fourth-order valence-corrected chi connectivity index (χ4v) is 2.10. The summed E-state index contributed by atoms with van der Waals surface area (Å²) in [7, 11) is 0. The van der Waals surface area contributed by atoms with Gasteiger partial charge >= 0.3 is 6.09 Å². The normalized spacial score (nSPS) is 11.8. The van der Waals surface area contributed by atoms with E-state index in [1.165, 1.54) is 0 Å². The third-order valence-corrected chi connectivity index (χ3v) is 2.95. The van der Waals surface area contributed by atoms with Gasteiger partial charge in [0.15, 0.2) is 0 Å². The van der Waals surface area contributed by atoms with E-state index in [-0.39, 0.29) is 12.5 Å². The molecule has 0 aliphatic heterocycles. The standard InChI is InChI=1S/C14H16N4O2/c15-12-6-10(7-13(16)18-12)11(8-17-14(19)20)9-4-2-1-3-5-9/h1-7,11,17H,8H2,(H,19,20)(H4,15,16,18). The predicted octanol–water partition coefficient (Wildman–Crippen LogP) is 1.65. The van der Waals surface area contributed by atoms with Crippen molar-refractivity contribution in [3.8, 4) is 0 Å². The minimum atomic E-state index is -1.07. The highest BCUT2D eigenvalue weighted by molar-refractivity contribution is 5.64. The van der Waals surface area contributed by atoms with E-state index in [1.807, 2.05) is 30.3 Å². The van der Waals surface area contributed by atoms with Crippen molar-refractivity contribution in [2.45, 2.75) is 5.92 Å². The summed E-state index contributed by atoms with van der Waals surface area (Å²) in [5.41, 5.74) is 13.2. The van der Waals surface area contributed by atoms with Crippen LogP contribution in [0.5, 0.6) is 0 Å². The lowest BCUT2D eigenvalue weighted by Crippen LogP contribution is -2.27. The molecule has 0 saturated carbocycles. The molecule has 1 aromatic heterocycles. The average Bonchev–Trinajstić information content (AvgIpc) is 2.38. The fourth-order valence-electron chi connectivity index (χ4n) is 2.10. The molecule has 2 rings (SSSR count). The first-order valence-corrected chi connectivity index (χ1v) is 6.11. The van der Waals surface area contributed by atoms with Gasteiger partial charge in [0, 0.05) is 12.5 Å². The Morgan fingerprint density at radius 2 is 1.75 bits per heavy atom. The van der Waals surface area contributed by atoms with Crippen LogP contribution in [0.3, 0.4) is 0 Å². The summed E-state index contributed by atoms with van der Waals surface area (Å²) in [5.74, 6) is 0.465. The van der Waals surface area contributed by atoms with Gasteiger partial charge in [-0.1, -0.05) is 30.3 Å². The molecule has 1 aromatic carbocycles. The van der Waals surface area contributed by atoms with Gasteiger partial charge in [-0.05, 0) is 23.3 Å². The highest BCUT2D eigenvalue weighted by atomic mass is 16.4. The summed E-state index contributed by atoms with van der Waals surface area (Å²) < 4.78 is 0. The molecule has 1 atom stereocenters. The summed E-state index contributed by atoms with van der Waals surface area (Å²) in [6.45, 7) is 0.238. The van der Waals surface area contributed by atoms with Crippen molar-refractivity contribution in [1.29, 1.82) is 0 Å². The number of aromatic nitrogens is 1. The van der Waals surface area contributed by atoms with Gasteiger partial charge in [0.05, 0.1) is 0 Å². The van der Waals surface area contributed by atoms with E-state index in [1.54, 1.807) is 12.1 Å². The van der Waals surface area contributed by atoms with Gasteiger partial charge in [0.25, 0.3) is 0 Å². The van der Waals surface area contributed by atoms with E-state index in [9.17, 15) is 4.79 Å². The number of pyridine rings is 1. The first-order valence-electron chi connectivity index (χ1n) is 6.11. The van der Waals surface area contributed by atoms with Crippen LogP contribution in [0, 0.1) is 0 Å². The van der Waals surface area contributed by atoms with Crippen LogP contribution in [0.15, 0.2) is 42.5 Å². The number of hydrogen-bond acceptors (Lipinski definition) is 4. The molecule has 0 saturated heterocycles. The second kappa shape index (κ2) is 5.92. The van der Waals surface area contributed by atoms with E-state index >= 15 is 0 Å². The van der Waals surface area contributed by atoms with Gasteiger partial charge in [-0.2, -0.15) is 0 Å². The number of amides is 1. The van der Waals surface area contributed by atoms with Crippen molar-refractivity contribution in [3.05, 3.63) is 53.6 Å². The van der Waals surface area contributed by atoms with E-state index in [0.29, 0.717) is 11.6 Å². The quantitative estimate of drug-likeness (QED) is 0.675. The molecule has 2 aromatic rings. The number of carbonyl (C=O) groups is 1. The Labute approximate surface area is 116 Å². The summed E-state index contributed by atoms with van der Waals surface area (Å²) in [6, 6.07) is 13.0. The van der Waals surface area contributed by atoms with Crippen molar-refractivity contribution in [1.82, 2.24) is 10.3 Å². The fraction of sp³-hybridized carbons (Fsp3) is 0.143. The second-order valence-electron chi connectivity index (χ2n) is 4.40. The number of anilines is 2. The Morgan fingerprint density at radius 3 is 2.30 bits per heavy atom. The zero-order valence-corrected chi connectivity index (χ0v) is 10.8. The molecule has 0 spiro atoms. The van der Waals surface area contributed by atoms with E-state index in [4.69, 9.17) is 16.6 Å². The predicted molar refractivity (Wildman–Crippen MR) is 77.4 cm³/mol. The van der Waals surface area contributed by atoms with E-state index in [2.05, 4.69) is 10.3 Å². The molecule has 0 bridgehead atoms. The lowest BCUT2D eigenvalue weighted by Gasteiger charge is -2.18. The largest absolute Gasteiger partial charge is 0.465 e. The lowest BCUT2D eigenvalue weighted by molar-refractivity contribution is 0.194. The van der Waals surface area contributed by atoms with Crippen LogP contribution >= 0.6 is 0 Å². The number of hydrogen-bond donors (Lipinski definition) is 4. The minimum Gasteiger partial charge on any atom is -0.465 e. The minimum absolute atomic E-state index is 0.167. The van der Waals surface area contributed by atoms with Crippen molar-refractivity contribution < 1.29 is 9.90 Å². The zero-order valence-electron chi connectivity index (χ0n) is 10.8. The number of rotatable bonds is 4. The van der Waals surface area contributed by atoms with Crippen molar-refractivity contribution >= 4 is 17.7 Å². The van der Waals surface area contributed by atoms with Crippen LogP contribution in [0.4, 0.5) is 16.4 Å². The maximum absolute atomic E-state index is 10.7. The highest BCUT2D eigenvalue weighted by Crippen LogP contribution is 2.26. The first kappa shape index (κ1) is 13.7. The highest BCUT2D eigenvalue weighted by Gasteiger charge is 2.16. The molecule has 104 valence electrons. The van der Waals surface area contributed by atoms with Gasteiger partial charge in [-0.15, -0.1) is 0 Å². The molecule has 6 heteroatoms. The van der Waals surface area contributed by atoms with Crippen LogP contribution in [-0.4, -0.2) is 22.7 Å². The summed E-state index contributed by atoms with van der Waals surface area (Å²) in [4.78, 5) is 14.7. The number of nitrogens with one attached hydrogen (secondary N) is 1. The molecule has 20 heavy (non-hydrogen) atoms. The van der Waals surface area contributed by atoms with Crippen LogP contribution < -0.4 is 16.8 Å². The molecule has 0 fully saturated rings. The summed E-state index contributed by atoms with van der Waals surface area (Å²) in [6.07, 6.45) is -1.07. The molecule has 0 radical (unpaired) electrons. The number of nitrogen functional groups attached to an aromatic ring is 2. The third-order valence-electron chi connectivity index (χ3n) is 2.95. The Kier molecular flexibility index (Phi) is 4.05. The van der Waals surface area contributed by atoms with Crippen LogP contribution in [0.25, 0.3) is 0 Å². The Bertz CT molecular complexity index is 581. The van der Waals surface area contributed by atoms with Gasteiger partial charge < -0.3 is 21.9 Å². The van der Waals surface area contributed by atoms with Crippen molar-refractivity contribution in [3.63, 3.8) is 0 Å². The number of nitrogens with two attached hydrogens (primary N) is 2. The topological polar surface area (TPSA) is 114 Å². The molecule has 1 amide bonds. The van der Waals surface area contributed by atoms with Crippen molar-refractivity contribution in [2.24, 2.45) is 0 Å². The molecule has 0 aliphatic carbocycles. The van der Waals surface area contributed by atoms with Crippen LogP contribution in [0.1, 0.15) is 17.0 Å². The van der Waals surface area contributed by atoms with Gasteiger partial charge in [-0.3, -0.25) is 0 Å². The Hall–Kier alpha value is -2.76. The number of nitrogens with zero attached hydrogens (tertiary/aromatic N) is 1. The molecule has 6 nitrogen and oxygen atoms in total. The molecular weight excluding hydrogens is 256 g/mol. The third kappa shape index (κ3) is 3.38. The maximum atomic E-state index is 10.7. The second-order valence-corrected chi connectivity index (χ2v) is 4.40. The molecular formula is C14H16N4O2. The SMILES string of the molecule is Nc1cc(C(CNC(=O)O)c2ccccc2)cc(N)n1. The molecule has 1 unspecified atom stereocenters. The first-order chi connectivity index (χ1) is 9.56. The maximum Gasteiger partial charge on any atom is 0.404 e. The average molecular weight is 272 g/mol. The molecule has 0 aliphatic rings. The van der Waals surface area contributed by atoms with E-state index in [0.717, 1.165) is 11.1 Å². The van der Waals surface area contributed by atoms with Gasteiger partial charge in [-0.25, -0.2) is 9.78 Å². The Morgan fingerprint density at radius 1 is 1.15 bits per heavy atom. The smallest absolute Gasteiger partial charge is 0.404 e. The zero-order chi connectivity index (χ0) is 14.5. The monoisotopic (exact) mass is 272 g/mol. The van der Waals surface area contributed by atoms with Gasteiger partial charge in [0.2, 0.25) is 0 Å². The lowest BCUT2D eigenvalue weighted by atomic mass is 9.91. The van der Waals surface area contributed by atoms with Crippen LogP contribution in [0.2, 0.25) is 0 Å². The summed E-state index contributed by atoms with van der Waals surface area (Å²) in [5, 5.41) is 11.2. The number of carboxylic acid groups (broad SMARTS) is 1. The van der Waals surface area contributed by atoms with Gasteiger partial charge in [0.1, 0.15) is 11.6 Å². The summed E-state index contributed by atoms with van der Waals surface area (Å²) >= 11 is 0. The van der Waals surface area contributed by atoms with Crippen LogP contribution in [-0.2, 0) is 0 Å². The van der Waals surface area contributed by atoms with E-state index < -0.39 is 6.09 Å². The number of benzene rings is 1. The van der Waals surface area contributed by atoms with Crippen molar-refractivity contribution in [2.75, 3.05) is 18.0 Å². The molecule has 1 heterocycles. The Balaban J connectivity index is 2.37. The molecule has 6 N–H and O–H groups in total.